The van der Waals surface area contributed by atoms with E-state index in [0.29, 0.717) is 18.4 Å². The van der Waals surface area contributed by atoms with E-state index in [-0.39, 0.29) is 17.9 Å². The molecule has 3 aliphatic heterocycles. The van der Waals surface area contributed by atoms with E-state index in [0.717, 1.165) is 30.3 Å². The lowest BCUT2D eigenvalue weighted by Crippen LogP contribution is -2.50. The fraction of sp³-hybridized carbons (Fsp3) is 0.318. The van der Waals surface area contributed by atoms with Gasteiger partial charge in [0.15, 0.2) is 5.82 Å². The van der Waals surface area contributed by atoms with E-state index in [1.54, 1.807) is 4.90 Å². The number of carbonyl (C=O) groups is 1. The SMILES string of the molecule is CC(c1ccccn1)C1CNCC1C1=NC2=CN(c3ccccc3)CN2C(=O)N1. The third-order valence-corrected chi connectivity index (χ3v) is 6.05. The number of anilines is 1. The van der Waals surface area contributed by atoms with Gasteiger partial charge in [-0.2, -0.15) is 0 Å². The van der Waals surface area contributed by atoms with E-state index in [1.165, 1.54) is 0 Å². The summed E-state index contributed by atoms with van der Waals surface area (Å²) in [4.78, 5) is 25.9. The molecular weight excluding hydrogens is 364 g/mol. The second kappa shape index (κ2) is 7.33. The third kappa shape index (κ3) is 3.27. The largest absolute Gasteiger partial charge is 0.329 e. The molecule has 148 valence electrons. The highest BCUT2D eigenvalue weighted by molar-refractivity contribution is 6.02. The molecule has 7 heteroatoms. The van der Waals surface area contributed by atoms with Gasteiger partial charge in [-0.15, -0.1) is 0 Å². The van der Waals surface area contributed by atoms with Gasteiger partial charge < -0.3 is 10.2 Å². The quantitative estimate of drug-likeness (QED) is 0.845. The van der Waals surface area contributed by atoms with Gasteiger partial charge in [0, 0.05) is 42.2 Å². The highest BCUT2D eigenvalue weighted by Crippen LogP contribution is 2.34. The van der Waals surface area contributed by atoms with Gasteiger partial charge in [0.2, 0.25) is 0 Å². The highest BCUT2D eigenvalue weighted by atomic mass is 16.2. The molecule has 1 saturated heterocycles. The Kier molecular flexibility index (Phi) is 4.52. The number of carbonyl (C=O) groups excluding carboxylic acids is 1. The van der Waals surface area contributed by atoms with Crippen molar-refractivity contribution < 1.29 is 4.79 Å². The minimum atomic E-state index is -0.115. The molecule has 4 heterocycles. The number of para-hydroxylation sites is 1. The fourth-order valence-electron chi connectivity index (χ4n) is 4.40. The van der Waals surface area contributed by atoms with E-state index < -0.39 is 0 Å². The van der Waals surface area contributed by atoms with Crippen LogP contribution in [0.1, 0.15) is 18.5 Å². The number of pyridine rings is 1. The van der Waals surface area contributed by atoms with Crippen molar-refractivity contribution in [2.75, 3.05) is 24.7 Å². The maximum atomic E-state index is 12.8. The molecule has 0 bridgehead atoms. The molecule has 5 rings (SSSR count). The molecule has 2 amide bonds. The topological polar surface area (TPSA) is 72.9 Å². The van der Waals surface area contributed by atoms with Crippen LogP contribution in [0.2, 0.25) is 0 Å². The van der Waals surface area contributed by atoms with Crippen molar-refractivity contribution in [3.05, 3.63) is 72.4 Å². The molecule has 3 atom stereocenters. The van der Waals surface area contributed by atoms with Crippen LogP contribution < -0.4 is 15.5 Å². The van der Waals surface area contributed by atoms with E-state index in [1.807, 2.05) is 59.8 Å². The zero-order chi connectivity index (χ0) is 19.8. The number of aliphatic imine (C=N–C) groups is 1. The van der Waals surface area contributed by atoms with Gasteiger partial charge in [-0.05, 0) is 36.7 Å². The molecular formula is C22H24N6O. The minimum absolute atomic E-state index is 0.115. The summed E-state index contributed by atoms with van der Waals surface area (Å²) in [5.41, 5.74) is 2.12. The Labute approximate surface area is 170 Å². The Bertz CT molecular complexity index is 958. The first-order valence-electron chi connectivity index (χ1n) is 10.0. The van der Waals surface area contributed by atoms with Gasteiger partial charge in [-0.3, -0.25) is 15.2 Å². The van der Waals surface area contributed by atoms with Crippen LogP contribution in [-0.2, 0) is 0 Å². The molecule has 0 radical (unpaired) electrons. The van der Waals surface area contributed by atoms with E-state index in [9.17, 15) is 4.79 Å². The number of rotatable bonds is 4. The minimum Gasteiger partial charge on any atom is -0.326 e. The first kappa shape index (κ1) is 17.9. The number of amidine groups is 1. The average Bonchev–Trinajstić information content (AvgIpc) is 3.42. The van der Waals surface area contributed by atoms with E-state index in [2.05, 4.69) is 28.6 Å². The summed E-state index contributed by atoms with van der Waals surface area (Å²) < 4.78 is 0. The first-order valence-corrected chi connectivity index (χ1v) is 10.0. The summed E-state index contributed by atoms with van der Waals surface area (Å²) in [5.74, 6) is 2.19. The molecule has 1 fully saturated rings. The maximum Gasteiger partial charge on any atom is 0.329 e. The summed E-state index contributed by atoms with van der Waals surface area (Å²) in [6, 6.07) is 15.9. The Morgan fingerprint density at radius 3 is 2.72 bits per heavy atom. The summed E-state index contributed by atoms with van der Waals surface area (Å²) in [5, 5.41) is 6.52. The predicted molar refractivity (Wildman–Crippen MR) is 112 cm³/mol. The van der Waals surface area contributed by atoms with Crippen LogP contribution in [0, 0.1) is 11.8 Å². The van der Waals surface area contributed by atoms with Gasteiger partial charge >= 0.3 is 6.03 Å². The van der Waals surface area contributed by atoms with Gasteiger partial charge in [0.25, 0.3) is 0 Å². The average molecular weight is 388 g/mol. The van der Waals surface area contributed by atoms with Crippen molar-refractivity contribution in [1.82, 2.24) is 20.5 Å². The van der Waals surface area contributed by atoms with Gasteiger partial charge in [0.05, 0.1) is 0 Å². The second-order valence-corrected chi connectivity index (χ2v) is 7.76. The lowest BCUT2D eigenvalue weighted by Gasteiger charge is -2.30. The molecule has 1 aromatic carbocycles. The van der Waals surface area contributed by atoms with Gasteiger partial charge in [-0.25, -0.2) is 9.79 Å². The van der Waals surface area contributed by atoms with Crippen molar-refractivity contribution in [3.8, 4) is 0 Å². The smallest absolute Gasteiger partial charge is 0.326 e. The number of hydrogen-bond acceptors (Lipinski definition) is 5. The van der Waals surface area contributed by atoms with Crippen molar-refractivity contribution in [3.63, 3.8) is 0 Å². The molecule has 2 aromatic rings. The Morgan fingerprint density at radius 1 is 1.10 bits per heavy atom. The van der Waals surface area contributed by atoms with Crippen molar-refractivity contribution in [1.29, 1.82) is 0 Å². The van der Waals surface area contributed by atoms with Crippen LogP contribution in [0.15, 0.2) is 71.7 Å². The lowest BCUT2D eigenvalue weighted by atomic mass is 9.82. The Hall–Kier alpha value is -3.19. The van der Waals surface area contributed by atoms with Crippen molar-refractivity contribution in [2.45, 2.75) is 12.8 Å². The zero-order valence-corrected chi connectivity index (χ0v) is 16.3. The third-order valence-electron chi connectivity index (χ3n) is 6.05. The number of benzene rings is 1. The lowest BCUT2D eigenvalue weighted by molar-refractivity contribution is 0.216. The summed E-state index contributed by atoms with van der Waals surface area (Å²) >= 11 is 0. The van der Waals surface area contributed by atoms with Crippen LogP contribution in [-0.4, -0.2) is 41.5 Å². The number of fused-ring (bicyclic) bond motifs is 1. The maximum absolute atomic E-state index is 12.8. The highest BCUT2D eigenvalue weighted by Gasteiger charge is 2.40. The van der Waals surface area contributed by atoms with Crippen LogP contribution in [0.3, 0.4) is 0 Å². The van der Waals surface area contributed by atoms with E-state index >= 15 is 0 Å². The molecule has 0 aliphatic carbocycles. The van der Waals surface area contributed by atoms with Gasteiger partial charge in [-0.1, -0.05) is 31.2 Å². The van der Waals surface area contributed by atoms with Crippen molar-refractivity contribution in [2.24, 2.45) is 16.8 Å². The molecule has 1 aromatic heterocycles. The standard InChI is InChI=1S/C22H24N6O/c1-15(19-9-5-6-10-24-19)17-11-23-12-18(17)21-25-20-13-27(14-28(20)22(29)26-21)16-7-3-2-4-8-16/h2-10,13,15,17-18,23H,11-12,14H2,1H3,(H,25,26,29). The molecule has 0 saturated carbocycles. The molecule has 0 spiro atoms. The number of hydrogen-bond donors (Lipinski definition) is 2. The summed E-state index contributed by atoms with van der Waals surface area (Å²) in [6.45, 7) is 4.36. The number of amides is 2. The van der Waals surface area contributed by atoms with E-state index in [4.69, 9.17) is 4.99 Å². The molecule has 3 unspecified atom stereocenters. The molecule has 3 aliphatic rings. The zero-order valence-electron chi connectivity index (χ0n) is 16.3. The first-order chi connectivity index (χ1) is 14.2. The van der Waals surface area contributed by atoms with Crippen LogP contribution >= 0.6 is 0 Å². The monoisotopic (exact) mass is 388 g/mol. The van der Waals surface area contributed by atoms with Crippen LogP contribution in [0.5, 0.6) is 0 Å². The van der Waals surface area contributed by atoms with Crippen molar-refractivity contribution >= 4 is 17.6 Å². The van der Waals surface area contributed by atoms with Gasteiger partial charge in [0.1, 0.15) is 12.5 Å². The van der Waals surface area contributed by atoms with Crippen LogP contribution in [0.25, 0.3) is 0 Å². The second-order valence-electron chi connectivity index (χ2n) is 7.76. The predicted octanol–water partition coefficient (Wildman–Crippen LogP) is 2.72. The summed E-state index contributed by atoms with van der Waals surface area (Å²) in [6.07, 6.45) is 3.79. The summed E-state index contributed by atoms with van der Waals surface area (Å²) in [7, 11) is 0. The van der Waals surface area contributed by atoms with Crippen LogP contribution in [0.4, 0.5) is 10.5 Å². The number of nitrogens with zero attached hydrogens (tertiary/aromatic N) is 4. The Balaban J connectivity index is 1.41. The molecule has 29 heavy (non-hydrogen) atoms. The number of urea groups is 1. The molecule has 2 N–H and O–H groups in total. The number of nitrogens with one attached hydrogen (secondary N) is 2. The molecule has 7 nitrogen and oxygen atoms in total. The normalized spacial score (nSPS) is 24.7. The number of aromatic nitrogens is 1. The Morgan fingerprint density at radius 2 is 1.93 bits per heavy atom. The fourth-order valence-corrected chi connectivity index (χ4v) is 4.40.